The summed E-state index contributed by atoms with van der Waals surface area (Å²) in [6.45, 7) is 4.53. The fraction of sp³-hybridized carbons (Fsp3) is 0.227. The number of pyridine rings is 1. The largest absolute Gasteiger partial charge is 0.488 e. The lowest BCUT2D eigenvalue weighted by Gasteiger charge is -2.06. The second kappa shape index (κ2) is 8.89. The van der Waals surface area contributed by atoms with E-state index in [1.54, 1.807) is 6.20 Å². The van der Waals surface area contributed by atoms with Crippen molar-refractivity contribution in [2.45, 2.75) is 31.2 Å². The Kier molecular flexibility index (Phi) is 6.06. The van der Waals surface area contributed by atoms with E-state index < -0.39 is 0 Å². The number of benzene rings is 1. The summed E-state index contributed by atoms with van der Waals surface area (Å²) in [6.07, 6.45) is 2.42. The van der Waals surface area contributed by atoms with Crippen LogP contribution in [0.25, 0.3) is 21.3 Å². The molecule has 3 heterocycles. The number of aryl methyl sites for hydroxylation is 1. The molecule has 30 heavy (non-hydrogen) atoms. The van der Waals surface area contributed by atoms with Crippen LogP contribution in [0.5, 0.6) is 5.75 Å². The first-order chi connectivity index (χ1) is 14.5. The number of hydrogen-bond acceptors (Lipinski definition) is 6. The van der Waals surface area contributed by atoms with Gasteiger partial charge in [-0.1, -0.05) is 48.5 Å². The number of aromatic nitrogens is 3. The van der Waals surface area contributed by atoms with Crippen molar-refractivity contribution in [1.82, 2.24) is 15.0 Å². The summed E-state index contributed by atoms with van der Waals surface area (Å²) >= 11 is 2.83. The van der Waals surface area contributed by atoms with Crippen LogP contribution in [0, 0.1) is 6.92 Å². The third-order valence-electron chi connectivity index (χ3n) is 4.55. The third-order valence-corrected chi connectivity index (χ3v) is 6.34. The van der Waals surface area contributed by atoms with Gasteiger partial charge in [-0.25, -0.2) is 4.98 Å². The Labute approximate surface area is 181 Å². The molecule has 0 saturated heterocycles. The van der Waals surface area contributed by atoms with Crippen LogP contribution in [0.1, 0.15) is 24.6 Å². The highest BCUT2D eigenvalue weighted by atomic mass is 32.2. The number of nitrogens with zero attached hydrogens (tertiary/aromatic N) is 1. The van der Waals surface area contributed by atoms with E-state index >= 15 is 0 Å². The second-order valence-corrected chi connectivity index (χ2v) is 8.71. The Morgan fingerprint density at radius 2 is 2.00 bits per heavy atom. The Hall–Kier alpha value is -2.84. The summed E-state index contributed by atoms with van der Waals surface area (Å²) in [6, 6.07) is 9.62. The lowest BCUT2D eigenvalue weighted by atomic mass is 10.1. The van der Waals surface area contributed by atoms with Gasteiger partial charge in [0.25, 0.3) is 5.56 Å². The van der Waals surface area contributed by atoms with Crippen LogP contribution in [0.2, 0.25) is 0 Å². The number of thiophene rings is 1. The number of nitrogens with one attached hydrogen (secondary N) is 2. The van der Waals surface area contributed by atoms with Crippen molar-refractivity contribution < 1.29 is 4.74 Å². The molecule has 0 fully saturated rings. The van der Waals surface area contributed by atoms with E-state index in [1.165, 1.54) is 34.7 Å². The minimum Gasteiger partial charge on any atom is -0.488 e. The standard InChI is InChI=1S/C22H21N3O3S2/c1-3-8-28-18-10-23-15(9-17(18)26)11-30-22-24-20(27)19-16(12-29-21(19)25-22)14-6-4-13(2)5-7-14/h4-7,9-10,12H,3,8,11H2,1-2H3,(H,23,26)(H,24,25,27). The van der Waals surface area contributed by atoms with Crippen molar-refractivity contribution in [2.75, 3.05) is 6.61 Å². The van der Waals surface area contributed by atoms with E-state index in [0.717, 1.165) is 23.2 Å². The van der Waals surface area contributed by atoms with Gasteiger partial charge in [-0.3, -0.25) is 9.59 Å². The lowest BCUT2D eigenvalue weighted by Crippen LogP contribution is -2.10. The highest BCUT2D eigenvalue weighted by molar-refractivity contribution is 7.98. The predicted molar refractivity (Wildman–Crippen MR) is 123 cm³/mol. The fourth-order valence-corrected chi connectivity index (χ4v) is 4.78. The highest BCUT2D eigenvalue weighted by Gasteiger charge is 2.13. The van der Waals surface area contributed by atoms with E-state index in [4.69, 9.17) is 4.74 Å². The topological polar surface area (TPSA) is 87.8 Å². The molecule has 0 aliphatic rings. The molecule has 0 saturated carbocycles. The molecule has 4 rings (SSSR count). The zero-order chi connectivity index (χ0) is 21.1. The number of fused-ring (bicyclic) bond motifs is 1. The van der Waals surface area contributed by atoms with Gasteiger partial charge >= 0.3 is 0 Å². The van der Waals surface area contributed by atoms with Crippen LogP contribution in [0.4, 0.5) is 0 Å². The van der Waals surface area contributed by atoms with E-state index in [9.17, 15) is 9.59 Å². The third kappa shape index (κ3) is 4.34. The number of thioether (sulfide) groups is 1. The summed E-state index contributed by atoms with van der Waals surface area (Å²) < 4.78 is 5.40. The van der Waals surface area contributed by atoms with Gasteiger partial charge in [-0.15, -0.1) is 11.3 Å². The Morgan fingerprint density at radius 1 is 1.20 bits per heavy atom. The van der Waals surface area contributed by atoms with Gasteiger partial charge < -0.3 is 14.7 Å². The summed E-state index contributed by atoms with van der Waals surface area (Å²) in [5.41, 5.74) is 3.50. The van der Waals surface area contributed by atoms with Crippen LogP contribution < -0.4 is 15.7 Å². The molecule has 0 amide bonds. The number of rotatable bonds is 7. The van der Waals surface area contributed by atoms with E-state index in [2.05, 4.69) is 15.0 Å². The van der Waals surface area contributed by atoms with Crippen LogP contribution in [0.15, 0.2) is 56.7 Å². The molecule has 0 bridgehead atoms. The van der Waals surface area contributed by atoms with Crippen molar-refractivity contribution in [1.29, 1.82) is 0 Å². The number of hydrogen-bond donors (Lipinski definition) is 2. The maximum Gasteiger partial charge on any atom is 0.260 e. The predicted octanol–water partition coefficient (Wildman–Crippen LogP) is 4.73. The summed E-state index contributed by atoms with van der Waals surface area (Å²) in [5.74, 6) is 0.800. The first kappa shape index (κ1) is 20.4. The monoisotopic (exact) mass is 439 g/mol. The van der Waals surface area contributed by atoms with E-state index in [-0.39, 0.29) is 11.0 Å². The first-order valence-corrected chi connectivity index (χ1v) is 11.5. The smallest absolute Gasteiger partial charge is 0.260 e. The lowest BCUT2D eigenvalue weighted by molar-refractivity contribution is 0.313. The molecule has 0 aliphatic heterocycles. The second-order valence-electron chi connectivity index (χ2n) is 6.89. The average Bonchev–Trinajstić information content (AvgIpc) is 3.17. The van der Waals surface area contributed by atoms with Gasteiger partial charge in [0.15, 0.2) is 10.9 Å². The molecule has 2 N–H and O–H groups in total. The van der Waals surface area contributed by atoms with Gasteiger partial charge in [0.05, 0.1) is 12.0 Å². The van der Waals surface area contributed by atoms with Crippen LogP contribution in [0.3, 0.4) is 0 Å². The zero-order valence-corrected chi connectivity index (χ0v) is 18.3. The molecule has 0 radical (unpaired) electrons. The molecule has 0 unspecified atom stereocenters. The normalized spacial score (nSPS) is 11.1. The van der Waals surface area contributed by atoms with Crippen molar-refractivity contribution in [2.24, 2.45) is 0 Å². The van der Waals surface area contributed by atoms with Gasteiger partial charge in [0, 0.05) is 34.7 Å². The van der Waals surface area contributed by atoms with Crippen molar-refractivity contribution in [3.8, 4) is 16.9 Å². The van der Waals surface area contributed by atoms with Crippen LogP contribution >= 0.6 is 23.1 Å². The molecular weight excluding hydrogens is 418 g/mol. The van der Waals surface area contributed by atoms with Crippen LogP contribution in [-0.2, 0) is 5.75 Å². The minimum atomic E-state index is -0.157. The summed E-state index contributed by atoms with van der Waals surface area (Å²) in [4.78, 5) is 36.1. The van der Waals surface area contributed by atoms with E-state index in [1.807, 2.05) is 43.5 Å². The highest BCUT2D eigenvalue weighted by Crippen LogP contribution is 2.32. The number of H-pyrrole nitrogens is 2. The SMILES string of the molecule is CCCOc1c[nH]c(CSc2nc3scc(-c4ccc(C)cc4)c3c(=O)[nH]2)cc1=O. The van der Waals surface area contributed by atoms with Crippen molar-refractivity contribution in [3.05, 3.63) is 73.7 Å². The van der Waals surface area contributed by atoms with E-state index in [0.29, 0.717) is 33.5 Å². The molecule has 0 spiro atoms. The molecule has 1 aromatic carbocycles. The molecule has 8 heteroatoms. The quantitative estimate of drug-likeness (QED) is 0.321. The average molecular weight is 440 g/mol. The summed E-state index contributed by atoms with van der Waals surface area (Å²) in [7, 11) is 0. The number of aromatic amines is 2. The number of ether oxygens (including phenoxy) is 1. The van der Waals surface area contributed by atoms with Gasteiger partial charge in [-0.2, -0.15) is 0 Å². The molecule has 0 atom stereocenters. The molecular formula is C22H21N3O3S2. The van der Waals surface area contributed by atoms with Gasteiger partial charge in [0.2, 0.25) is 5.43 Å². The maximum absolute atomic E-state index is 12.8. The van der Waals surface area contributed by atoms with Crippen molar-refractivity contribution >= 4 is 33.3 Å². The molecule has 0 aliphatic carbocycles. The van der Waals surface area contributed by atoms with Crippen LogP contribution in [-0.4, -0.2) is 21.6 Å². The van der Waals surface area contributed by atoms with Gasteiger partial charge in [0.1, 0.15) is 4.83 Å². The Morgan fingerprint density at radius 3 is 2.73 bits per heavy atom. The molecule has 4 aromatic rings. The van der Waals surface area contributed by atoms with Gasteiger partial charge in [-0.05, 0) is 18.9 Å². The summed E-state index contributed by atoms with van der Waals surface area (Å²) in [5, 5.41) is 3.11. The Balaban J connectivity index is 1.55. The fourth-order valence-electron chi connectivity index (χ4n) is 3.00. The molecule has 3 aromatic heterocycles. The molecule has 6 nitrogen and oxygen atoms in total. The Bertz CT molecular complexity index is 1290. The molecule has 154 valence electrons. The maximum atomic E-state index is 12.8. The first-order valence-electron chi connectivity index (χ1n) is 9.61. The van der Waals surface area contributed by atoms with Crippen molar-refractivity contribution in [3.63, 3.8) is 0 Å². The minimum absolute atomic E-state index is 0.156. The zero-order valence-electron chi connectivity index (χ0n) is 16.7.